The number of rotatable bonds is 0. The maximum absolute atomic E-state index is 3.35. The van der Waals surface area contributed by atoms with Gasteiger partial charge in [-0.05, 0) is 0 Å². The van der Waals surface area contributed by atoms with Gasteiger partial charge in [0, 0.05) is 0 Å². The molecular weight excluding hydrogens is 171 g/mol. The third-order valence-electron chi connectivity index (χ3n) is 2.62. The van der Waals surface area contributed by atoms with E-state index in [0.717, 1.165) is 0 Å². The van der Waals surface area contributed by atoms with E-state index in [2.05, 4.69) is 40.7 Å². The van der Waals surface area contributed by atoms with Crippen molar-refractivity contribution in [3.8, 4) is 0 Å². The number of aryl methyl sites for hydroxylation is 2. The minimum Gasteiger partial charge on any atom is -0.177 e. The Morgan fingerprint density at radius 2 is 1.00 bits per heavy atom. The van der Waals surface area contributed by atoms with Crippen molar-refractivity contribution in [2.24, 2.45) is 0 Å². The second kappa shape index (κ2) is 4.92. The molecule has 0 atom stereocenters. The number of hydrogen-bond donors (Lipinski definition) is 0. The summed E-state index contributed by atoms with van der Waals surface area (Å²) in [6.07, 6.45) is 0. The largest absolute Gasteiger partial charge is 1.00 e. The van der Waals surface area contributed by atoms with Crippen molar-refractivity contribution in [1.29, 1.82) is 0 Å². The molecule has 0 amide bonds. The molecule has 0 unspecified atom stereocenters. The van der Waals surface area contributed by atoms with Crippen LogP contribution >= 0.6 is 0 Å². The second-order valence-electron chi connectivity index (χ2n) is 3.25. The van der Waals surface area contributed by atoms with Crippen molar-refractivity contribution in [2.75, 3.05) is 0 Å². The molecule has 0 saturated carbocycles. The molecule has 0 fully saturated rings. The quantitative estimate of drug-likeness (QED) is 0.396. The Morgan fingerprint density at radius 1 is 0.667 bits per heavy atom. The molecule has 1 aromatic carbocycles. The second-order valence-corrected chi connectivity index (χ2v) is 3.25. The van der Waals surface area contributed by atoms with Gasteiger partial charge in [-0.2, -0.15) is 33.9 Å². The van der Waals surface area contributed by atoms with Crippen molar-refractivity contribution < 1.29 is 51.4 Å². The molecule has 0 saturated heterocycles. The monoisotopic (exact) mass is 186 g/mol. The first-order chi connectivity index (χ1) is 5.04. The Morgan fingerprint density at radius 3 is 1.33 bits per heavy atom. The smallest absolute Gasteiger partial charge is 0.177 e. The number of hydrogen-bond acceptors (Lipinski definition) is 0. The van der Waals surface area contributed by atoms with Crippen molar-refractivity contribution in [3.05, 3.63) is 33.9 Å². The first-order valence-corrected chi connectivity index (χ1v) is 4.00. The fourth-order valence-electron chi connectivity index (χ4n) is 1.31. The van der Waals surface area contributed by atoms with E-state index in [9.17, 15) is 0 Å². The molecule has 0 nitrogen and oxygen atoms in total. The number of benzene rings is 1. The predicted octanol–water partition coefficient (Wildman–Crippen LogP) is 0.0329. The van der Waals surface area contributed by atoms with Crippen LogP contribution < -0.4 is 51.4 Å². The Bertz CT molecular complexity index is 261. The molecule has 1 rings (SSSR count). The van der Waals surface area contributed by atoms with Crippen LogP contribution in [0.4, 0.5) is 0 Å². The summed E-state index contributed by atoms with van der Waals surface area (Å²) < 4.78 is 0. The third-order valence-corrected chi connectivity index (χ3v) is 2.62. The molecule has 0 aliphatic heterocycles. The summed E-state index contributed by atoms with van der Waals surface area (Å²) in [6.45, 7) is 10.7. The molecule has 0 aromatic heterocycles. The van der Waals surface area contributed by atoms with E-state index in [1.54, 1.807) is 0 Å². The van der Waals surface area contributed by atoms with Crippen molar-refractivity contribution in [1.82, 2.24) is 0 Å². The van der Waals surface area contributed by atoms with Gasteiger partial charge in [0.15, 0.2) is 0 Å². The zero-order valence-electron chi connectivity index (χ0n) is 9.00. The Labute approximate surface area is 118 Å². The molecule has 0 aliphatic rings. The van der Waals surface area contributed by atoms with Crippen LogP contribution in [0.5, 0.6) is 0 Å². The van der Waals surface area contributed by atoms with Crippen LogP contribution in [0.2, 0.25) is 0 Å². The molecule has 0 spiro atoms. The third kappa shape index (κ3) is 2.42. The summed E-state index contributed by atoms with van der Waals surface area (Å²) in [7, 11) is 0. The first-order valence-electron chi connectivity index (χ1n) is 4.00. The van der Waals surface area contributed by atoms with E-state index >= 15 is 0 Å². The molecule has 0 N–H and O–H groups in total. The molecule has 1 heteroatoms. The van der Waals surface area contributed by atoms with Gasteiger partial charge >= 0.3 is 51.4 Å². The van der Waals surface area contributed by atoms with Crippen LogP contribution in [-0.4, -0.2) is 0 Å². The van der Waals surface area contributed by atoms with Gasteiger partial charge < -0.3 is 0 Å². The summed E-state index contributed by atoms with van der Waals surface area (Å²) in [5.74, 6) is 0. The van der Waals surface area contributed by atoms with E-state index in [4.69, 9.17) is 0 Å². The van der Waals surface area contributed by atoms with Gasteiger partial charge in [-0.3, -0.25) is 0 Å². The summed E-state index contributed by atoms with van der Waals surface area (Å²) in [4.78, 5) is 0. The van der Waals surface area contributed by atoms with E-state index in [1.807, 2.05) is 0 Å². The van der Waals surface area contributed by atoms with Crippen LogP contribution in [-0.2, 0) is 0 Å². The molecular formula is C11H15K. The summed E-state index contributed by atoms with van der Waals surface area (Å²) in [6, 6.07) is 3.35. The van der Waals surface area contributed by atoms with Crippen molar-refractivity contribution in [2.45, 2.75) is 34.6 Å². The minimum absolute atomic E-state index is 0. The summed E-state index contributed by atoms with van der Waals surface area (Å²) in [5, 5.41) is 0. The van der Waals surface area contributed by atoms with E-state index < -0.39 is 0 Å². The van der Waals surface area contributed by atoms with Crippen molar-refractivity contribution >= 4 is 0 Å². The van der Waals surface area contributed by atoms with E-state index in [1.165, 1.54) is 27.8 Å². The molecule has 1 aromatic rings. The summed E-state index contributed by atoms with van der Waals surface area (Å²) >= 11 is 0. The Hall–Kier alpha value is 0.856. The van der Waals surface area contributed by atoms with Gasteiger partial charge in [0.1, 0.15) is 0 Å². The molecule has 60 valence electrons. The fraction of sp³-hybridized carbons (Fsp3) is 0.455. The van der Waals surface area contributed by atoms with Crippen LogP contribution in [0.15, 0.2) is 0 Å². The van der Waals surface area contributed by atoms with Crippen molar-refractivity contribution in [3.63, 3.8) is 0 Å². The normalized spacial score (nSPS) is 9.42. The molecule has 0 bridgehead atoms. The Balaban J connectivity index is 0.00000121. The van der Waals surface area contributed by atoms with Crippen LogP contribution in [0, 0.1) is 40.7 Å². The molecule has 0 heterocycles. The predicted molar refractivity (Wildman–Crippen MR) is 49.0 cm³/mol. The van der Waals surface area contributed by atoms with Gasteiger partial charge in [0.25, 0.3) is 0 Å². The molecule has 0 aliphatic carbocycles. The standard InChI is InChI=1S/C11H15.K/c1-7-6-8(2)10(4)11(5)9(7)3;/h1-5H3;/q-1;+1. The van der Waals surface area contributed by atoms with Gasteiger partial charge in [-0.25, -0.2) is 0 Å². The Kier molecular flexibility index (Phi) is 5.27. The maximum Gasteiger partial charge on any atom is 1.00 e. The van der Waals surface area contributed by atoms with Crippen LogP contribution in [0.1, 0.15) is 27.8 Å². The fourth-order valence-corrected chi connectivity index (χ4v) is 1.31. The molecule has 0 radical (unpaired) electrons. The SMILES string of the molecule is Cc1[c-]c(C)c(C)c(C)c1C.[K+]. The van der Waals surface area contributed by atoms with Gasteiger partial charge in [-0.1, -0.05) is 34.6 Å². The molecule has 12 heavy (non-hydrogen) atoms. The van der Waals surface area contributed by atoms with E-state index in [-0.39, 0.29) is 51.4 Å². The first kappa shape index (κ1) is 12.9. The van der Waals surface area contributed by atoms with Gasteiger partial charge in [-0.15, -0.1) is 0 Å². The average molecular weight is 186 g/mol. The maximum atomic E-state index is 3.35. The summed E-state index contributed by atoms with van der Waals surface area (Å²) in [5.41, 5.74) is 6.75. The van der Waals surface area contributed by atoms with Gasteiger partial charge in [0.2, 0.25) is 0 Å². The van der Waals surface area contributed by atoms with Crippen LogP contribution in [0.3, 0.4) is 0 Å². The zero-order valence-corrected chi connectivity index (χ0v) is 12.1. The zero-order chi connectivity index (χ0) is 8.59. The average Bonchev–Trinajstić information content (AvgIpc) is 1.97. The van der Waals surface area contributed by atoms with Gasteiger partial charge in [0.05, 0.1) is 0 Å². The van der Waals surface area contributed by atoms with Crippen LogP contribution in [0.25, 0.3) is 0 Å². The van der Waals surface area contributed by atoms with E-state index in [0.29, 0.717) is 0 Å². The topological polar surface area (TPSA) is 0 Å². The minimum atomic E-state index is 0.